The third-order valence-corrected chi connectivity index (χ3v) is 3.53. The molecule has 0 saturated carbocycles. The number of carbonyl (C=O) groups excluding carboxylic acids is 1. The zero-order valence-electron chi connectivity index (χ0n) is 8.54. The van der Waals surface area contributed by atoms with Crippen LogP contribution in [-0.4, -0.2) is 26.2 Å². The van der Waals surface area contributed by atoms with E-state index in [2.05, 4.69) is 15.9 Å². The van der Waals surface area contributed by atoms with E-state index in [1.165, 1.54) is 18.2 Å². The molecule has 88 valence electrons. The number of hydrogen-bond donors (Lipinski definition) is 0. The van der Waals surface area contributed by atoms with Gasteiger partial charge in [0.25, 0.3) is 0 Å². The van der Waals surface area contributed by atoms with Crippen LogP contribution in [-0.2, 0) is 9.84 Å². The van der Waals surface area contributed by atoms with E-state index in [1.54, 1.807) is 0 Å². The first-order valence-corrected chi connectivity index (χ1v) is 7.31. The van der Waals surface area contributed by atoms with Crippen molar-refractivity contribution < 1.29 is 17.6 Å². The Labute approximate surface area is 102 Å². The fourth-order valence-corrected chi connectivity index (χ4v) is 2.26. The van der Waals surface area contributed by atoms with Gasteiger partial charge in [-0.3, -0.25) is 4.79 Å². The monoisotopic (exact) mass is 308 g/mol. The minimum Gasteiger partial charge on any atom is -0.294 e. The molecule has 0 bridgehead atoms. The third kappa shape index (κ3) is 4.02. The Morgan fingerprint density at radius 3 is 2.56 bits per heavy atom. The van der Waals surface area contributed by atoms with Gasteiger partial charge in [0.05, 0.1) is 5.75 Å². The third-order valence-electron chi connectivity index (χ3n) is 1.93. The topological polar surface area (TPSA) is 51.2 Å². The van der Waals surface area contributed by atoms with Crippen LogP contribution < -0.4 is 0 Å². The zero-order chi connectivity index (χ0) is 12.3. The average molecular weight is 309 g/mol. The normalized spacial score (nSPS) is 11.4. The van der Waals surface area contributed by atoms with Crippen molar-refractivity contribution in [2.45, 2.75) is 6.42 Å². The lowest BCUT2D eigenvalue weighted by Crippen LogP contribution is -2.10. The maximum Gasteiger partial charge on any atom is 0.165 e. The standard InChI is InChI=1S/C10H10BrFO3S/c1-16(14,15)5-4-10(13)8-3-2-7(12)6-9(8)11/h2-3,6H,4-5H2,1H3. The maximum atomic E-state index is 12.7. The molecular formula is C10H10BrFO3S. The fourth-order valence-electron chi connectivity index (χ4n) is 1.13. The molecule has 0 atom stereocenters. The van der Waals surface area contributed by atoms with Gasteiger partial charge in [-0.25, -0.2) is 12.8 Å². The van der Waals surface area contributed by atoms with Crippen LogP contribution in [0.25, 0.3) is 0 Å². The summed E-state index contributed by atoms with van der Waals surface area (Å²) in [7, 11) is -3.16. The molecule has 0 aliphatic heterocycles. The molecule has 0 radical (unpaired) electrons. The Morgan fingerprint density at radius 2 is 2.06 bits per heavy atom. The molecule has 0 fully saturated rings. The molecule has 0 saturated heterocycles. The van der Waals surface area contributed by atoms with Crippen molar-refractivity contribution in [2.24, 2.45) is 0 Å². The first kappa shape index (κ1) is 13.3. The predicted molar refractivity (Wildman–Crippen MR) is 62.8 cm³/mol. The molecule has 0 amide bonds. The molecule has 0 spiro atoms. The van der Waals surface area contributed by atoms with Crippen molar-refractivity contribution in [3.63, 3.8) is 0 Å². The van der Waals surface area contributed by atoms with Gasteiger partial charge in [0.15, 0.2) is 5.78 Å². The van der Waals surface area contributed by atoms with Gasteiger partial charge in [0, 0.05) is 22.7 Å². The molecule has 0 aliphatic carbocycles. The van der Waals surface area contributed by atoms with Crippen LogP contribution in [0.2, 0.25) is 0 Å². The number of carbonyl (C=O) groups is 1. The molecule has 0 heterocycles. The van der Waals surface area contributed by atoms with Crippen molar-refractivity contribution in [1.82, 2.24) is 0 Å². The molecule has 1 aromatic carbocycles. The summed E-state index contributed by atoms with van der Waals surface area (Å²) in [5, 5.41) is 0. The lowest BCUT2D eigenvalue weighted by molar-refractivity contribution is 0.0988. The van der Waals surface area contributed by atoms with E-state index in [9.17, 15) is 17.6 Å². The molecule has 1 aromatic rings. The summed E-state index contributed by atoms with van der Waals surface area (Å²) in [4.78, 5) is 11.6. The number of rotatable bonds is 4. The van der Waals surface area contributed by atoms with Crippen LogP contribution >= 0.6 is 15.9 Å². The van der Waals surface area contributed by atoms with Gasteiger partial charge < -0.3 is 0 Å². The highest BCUT2D eigenvalue weighted by molar-refractivity contribution is 9.10. The minimum atomic E-state index is -3.16. The van der Waals surface area contributed by atoms with E-state index in [0.717, 1.165) is 6.26 Å². The molecule has 1 rings (SSSR count). The Kier molecular flexibility index (Phi) is 4.21. The molecule has 3 nitrogen and oxygen atoms in total. The van der Waals surface area contributed by atoms with Crippen LogP contribution in [0.4, 0.5) is 4.39 Å². The second-order valence-corrected chi connectivity index (χ2v) is 6.54. The van der Waals surface area contributed by atoms with Crippen molar-refractivity contribution in [2.75, 3.05) is 12.0 Å². The first-order chi connectivity index (χ1) is 7.29. The molecular weight excluding hydrogens is 299 g/mol. The van der Waals surface area contributed by atoms with Crippen molar-refractivity contribution in [3.05, 3.63) is 34.1 Å². The number of ketones is 1. The Bertz CT molecular complexity index is 511. The van der Waals surface area contributed by atoms with E-state index in [-0.39, 0.29) is 18.0 Å². The van der Waals surface area contributed by atoms with Crippen LogP contribution in [0, 0.1) is 5.82 Å². The first-order valence-electron chi connectivity index (χ1n) is 4.45. The van der Waals surface area contributed by atoms with E-state index < -0.39 is 15.7 Å². The van der Waals surface area contributed by atoms with Gasteiger partial charge in [-0.2, -0.15) is 0 Å². The van der Waals surface area contributed by atoms with E-state index in [1.807, 2.05) is 0 Å². The summed E-state index contributed by atoms with van der Waals surface area (Å²) in [6, 6.07) is 3.68. The molecule has 0 aliphatic rings. The lowest BCUT2D eigenvalue weighted by atomic mass is 10.1. The molecule has 0 unspecified atom stereocenters. The number of hydrogen-bond acceptors (Lipinski definition) is 3. The number of benzene rings is 1. The maximum absolute atomic E-state index is 12.7. The summed E-state index contributed by atoms with van der Waals surface area (Å²) >= 11 is 3.06. The quantitative estimate of drug-likeness (QED) is 0.801. The van der Waals surface area contributed by atoms with Gasteiger partial charge in [0.1, 0.15) is 15.7 Å². The summed E-state index contributed by atoms with van der Waals surface area (Å²) in [5.74, 6) is -0.973. The smallest absolute Gasteiger partial charge is 0.165 e. The number of Topliss-reactive ketones (excluding diaryl/α,β-unsaturated/α-hetero) is 1. The summed E-state index contributed by atoms with van der Waals surface area (Å²) < 4.78 is 34.9. The summed E-state index contributed by atoms with van der Waals surface area (Å²) in [5.41, 5.74) is 0.296. The lowest BCUT2D eigenvalue weighted by Gasteiger charge is -2.03. The highest BCUT2D eigenvalue weighted by Crippen LogP contribution is 2.19. The Hall–Kier alpha value is -0.750. The summed E-state index contributed by atoms with van der Waals surface area (Å²) in [6.07, 6.45) is 0.975. The SMILES string of the molecule is CS(=O)(=O)CCC(=O)c1ccc(F)cc1Br. The Morgan fingerprint density at radius 1 is 1.44 bits per heavy atom. The van der Waals surface area contributed by atoms with Crippen LogP contribution in [0.15, 0.2) is 22.7 Å². The molecule has 16 heavy (non-hydrogen) atoms. The fraction of sp³-hybridized carbons (Fsp3) is 0.300. The second kappa shape index (κ2) is 5.05. The van der Waals surface area contributed by atoms with Gasteiger partial charge in [-0.1, -0.05) is 0 Å². The zero-order valence-corrected chi connectivity index (χ0v) is 10.9. The molecule has 6 heteroatoms. The van der Waals surface area contributed by atoms with E-state index in [4.69, 9.17) is 0 Å². The van der Waals surface area contributed by atoms with Gasteiger partial charge in [-0.05, 0) is 34.1 Å². The van der Waals surface area contributed by atoms with Gasteiger partial charge >= 0.3 is 0 Å². The van der Waals surface area contributed by atoms with Crippen LogP contribution in [0.1, 0.15) is 16.8 Å². The van der Waals surface area contributed by atoms with Crippen LogP contribution in [0.5, 0.6) is 0 Å². The predicted octanol–water partition coefficient (Wildman–Crippen LogP) is 2.21. The summed E-state index contributed by atoms with van der Waals surface area (Å²) in [6.45, 7) is 0. The van der Waals surface area contributed by atoms with Crippen LogP contribution in [0.3, 0.4) is 0 Å². The van der Waals surface area contributed by atoms with E-state index in [0.29, 0.717) is 10.0 Å². The highest BCUT2D eigenvalue weighted by Gasteiger charge is 2.13. The second-order valence-electron chi connectivity index (χ2n) is 3.43. The largest absolute Gasteiger partial charge is 0.294 e. The van der Waals surface area contributed by atoms with Crippen molar-refractivity contribution >= 4 is 31.6 Å². The van der Waals surface area contributed by atoms with E-state index >= 15 is 0 Å². The van der Waals surface area contributed by atoms with Crippen molar-refractivity contribution in [1.29, 1.82) is 0 Å². The minimum absolute atomic E-state index is 0.0942. The highest BCUT2D eigenvalue weighted by atomic mass is 79.9. The average Bonchev–Trinajstić information content (AvgIpc) is 2.13. The van der Waals surface area contributed by atoms with Gasteiger partial charge in [-0.15, -0.1) is 0 Å². The number of sulfone groups is 1. The molecule has 0 N–H and O–H groups in total. The molecule has 0 aromatic heterocycles. The number of halogens is 2. The van der Waals surface area contributed by atoms with Gasteiger partial charge in [0.2, 0.25) is 0 Å². The Balaban J connectivity index is 2.82. The van der Waals surface area contributed by atoms with Crippen molar-refractivity contribution in [3.8, 4) is 0 Å².